The summed E-state index contributed by atoms with van der Waals surface area (Å²) in [5.41, 5.74) is 3.07. The third kappa shape index (κ3) is 3.42. The van der Waals surface area contributed by atoms with Crippen molar-refractivity contribution in [3.05, 3.63) is 17.0 Å². The molecule has 1 aromatic heterocycles. The van der Waals surface area contributed by atoms with Gasteiger partial charge in [0.05, 0.1) is 30.9 Å². The highest BCUT2D eigenvalue weighted by Crippen LogP contribution is 2.35. The lowest BCUT2D eigenvalue weighted by Crippen LogP contribution is -2.47. The number of hydrogen-bond acceptors (Lipinski definition) is 4. The molecule has 1 N–H and O–H groups in total. The highest BCUT2D eigenvalue weighted by atomic mass is 16.5. The second-order valence-electron chi connectivity index (χ2n) is 7.22. The normalized spacial score (nSPS) is 27.3. The Morgan fingerprint density at radius 1 is 1.16 bits per heavy atom. The zero-order chi connectivity index (χ0) is 18.1. The topological polar surface area (TPSA) is 84.7 Å². The first-order chi connectivity index (χ1) is 11.9. The van der Waals surface area contributed by atoms with Gasteiger partial charge in [0.1, 0.15) is 0 Å². The molecule has 1 amide bonds. The molecule has 1 aliphatic carbocycles. The molecule has 7 heteroatoms. The van der Waals surface area contributed by atoms with Gasteiger partial charge in [-0.05, 0) is 39.5 Å². The minimum atomic E-state index is -0.739. The van der Waals surface area contributed by atoms with Gasteiger partial charge in [-0.1, -0.05) is 0 Å². The molecule has 7 nitrogen and oxygen atoms in total. The maximum atomic E-state index is 13.1. The number of aliphatic carboxylic acids is 1. The van der Waals surface area contributed by atoms with Crippen LogP contribution < -0.4 is 0 Å². The van der Waals surface area contributed by atoms with Gasteiger partial charge in [0.2, 0.25) is 5.91 Å². The lowest BCUT2D eigenvalue weighted by Gasteiger charge is -2.39. The van der Waals surface area contributed by atoms with Crippen LogP contribution >= 0.6 is 0 Å². The molecule has 0 aromatic carbocycles. The van der Waals surface area contributed by atoms with E-state index in [-0.39, 0.29) is 23.8 Å². The van der Waals surface area contributed by atoms with Gasteiger partial charge in [0.25, 0.3) is 0 Å². The Kier molecular flexibility index (Phi) is 5.13. The Hall–Kier alpha value is -1.89. The average Bonchev–Trinajstić information content (AvgIpc) is 2.86. The van der Waals surface area contributed by atoms with Crippen LogP contribution in [0.15, 0.2) is 0 Å². The SMILES string of the molecule is Cc1nn(C)c(C)c1C1COCCN1C(=O)C1CCC(C(=O)O)CC1. The number of aromatic nitrogens is 2. The molecule has 3 rings (SSSR count). The zero-order valence-corrected chi connectivity index (χ0v) is 15.2. The van der Waals surface area contributed by atoms with E-state index in [9.17, 15) is 9.59 Å². The Labute approximate surface area is 147 Å². The quantitative estimate of drug-likeness (QED) is 0.900. The van der Waals surface area contributed by atoms with E-state index in [2.05, 4.69) is 5.10 Å². The number of nitrogens with zero attached hydrogens (tertiary/aromatic N) is 3. The number of carbonyl (C=O) groups excluding carboxylic acids is 1. The molecule has 1 aliphatic heterocycles. The predicted octanol–water partition coefficient (Wildman–Crippen LogP) is 1.83. The van der Waals surface area contributed by atoms with Crippen molar-refractivity contribution in [2.24, 2.45) is 18.9 Å². The van der Waals surface area contributed by atoms with Crippen molar-refractivity contribution in [3.63, 3.8) is 0 Å². The van der Waals surface area contributed by atoms with E-state index in [0.29, 0.717) is 45.4 Å². The fourth-order valence-corrected chi connectivity index (χ4v) is 4.20. The zero-order valence-electron chi connectivity index (χ0n) is 15.2. The van der Waals surface area contributed by atoms with Crippen LogP contribution in [0.25, 0.3) is 0 Å². The summed E-state index contributed by atoms with van der Waals surface area (Å²) in [6, 6.07) is -0.104. The van der Waals surface area contributed by atoms with E-state index in [1.807, 2.05) is 30.5 Å². The second-order valence-corrected chi connectivity index (χ2v) is 7.22. The van der Waals surface area contributed by atoms with Crippen molar-refractivity contribution >= 4 is 11.9 Å². The van der Waals surface area contributed by atoms with Crippen molar-refractivity contribution in [1.82, 2.24) is 14.7 Å². The number of rotatable bonds is 3. The summed E-state index contributed by atoms with van der Waals surface area (Å²) < 4.78 is 7.51. The van der Waals surface area contributed by atoms with Crippen LogP contribution in [0.3, 0.4) is 0 Å². The van der Waals surface area contributed by atoms with Gasteiger partial charge in [-0.2, -0.15) is 5.10 Å². The van der Waals surface area contributed by atoms with E-state index in [4.69, 9.17) is 9.84 Å². The Balaban J connectivity index is 1.77. The van der Waals surface area contributed by atoms with Gasteiger partial charge in [0.15, 0.2) is 0 Å². The van der Waals surface area contributed by atoms with Crippen LogP contribution in [-0.4, -0.2) is 51.4 Å². The first-order valence-corrected chi connectivity index (χ1v) is 9.01. The molecule has 0 radical (unpaired) electrons. The third-order valence-corrected chi connectivity index (χ3v) is 5.74. The molecule has 138 valence electrons. The molecule has 1 atom stereocenters. The van der Waals surface area contributed by atoms with Crippen LogP contribution in [0, 0.1) is 25.7 Å². The number of carboxylic acid groups (broad SMARTS) is 1. The minimum absolute atomic E-state index is 0.0755. The monoisotopic (exact) mass is 349 g/mol. The highest BCUT2D eigenvalue weighted by molar-refractivity contribution is 5.80. The smallest absolute Gasteiger partial charge is 0.306 e. The number of aryl methyl sites for hydroxylation is 2. The number of carboxylic acids is 1. The number of hydrogen-bond donors (Lipinski definition) is 1. The van der Waals surface area contributed by atoms with Gasteiger partial charge in [0, 0.05) is 30.8 Å². The molecule has 2 heterocycles. The Morgan fingerprint density at radius 2 is 1.80 bits per heavy atom. The molecule has 1 saturated heterocycles. The summed E-state index contributed by atoms with van der Waals surface area (Å²) in [6.45, 7) is 5.60. The van der Waals surface area contributed by atoms with Crippen molar-refractivity contribution in [1.29, 1.82) is 0 Å². The molecule has 2 fully saturated rings. The number of amides is 1. The lowest BCUT2D eigenvalue weighted by molar-refractivity contribution is -0.149. The van der Waals surface area contributed by atoms with Gasteiger partial charge < -0.3 is 14.7 Å². The molecule has 25 heavy (non-hydrogen) atoms. The Morgan fingerprint density at radius 3 is 2.36 bits per heavy atom. The lowest BCUT2D eigenvalue weighted by atomic mass is 9.81. The van der Waals surface area contributed by atoms with E-state index >= 15 is 0 Å². The number of ether oxygens (including phenoxy) is 1. The van der Waals surface area contributed by atoms with E-state index in [1.54, 1.807) is 0 Å². The van der Waals surface area contributed by atoms with E-state index in [0.717, 1.165) is 17.0 Å². The predicted molar refractivity (Wildman–Crippen MR) is 91.0 cm³/mol. The molecular formula is C18H27N3O4. The van der Waals surface area contributed by atoms with Crippen LogP contribution in [0.1, 0.15) is 48.7 Å². The van der Waals surface area contributed by atoms with Gasteiger partial charge >= 0.3 is 5.97 Å². The fraction of sp³-hybridized carbons (Fsp3) is 0.722. The highest BCUT2D eigenvalue weighted by Gasteiger charge is 2.37. The van der Waals surface area contributed by atoms with Crippen LogP contribution in [0.5, 0.6) is 0 Å². The number of carbonyl (C=O) groups is 2. The van der Waals surface area contributed by atoms with Crippen LogP contribution in [-0.2, 0) is 21.4 Å². The summed E-state index contributed by atoms with van der Waals surface area (Å²) in [6.07, 6.45) is 2.49. The van der Waals surface area contributed by atoms with Gasteiger partial charge in [-0.3, -0.25) is 14.3 Å². The summed E-state index contributed by atoms with van der Waals surface area (Å²) >= 11 is 0. The molecule has 0 spiro atoms. The van der Waals surface area contributed by atoms with Crippen LogP contribution in [0.4, 0.5) is 0 Å². The molecule has 0 bridgehead atoms. The Bertz CT molecular complexity index is 662. The first kappa shape index (κ1) is 17.9. The largest absolute Gasteiger partial charge is 0.481 e. The van der Waals surface area contributed by atoms with Gasteiger partial charge in [-0.15, -0.1) is 0 Å². The van der Waals surface area contributed by atoms with Crippen molar-refractivity contribution < 1.29 is 19.4 Å². The van der Waals surface area contributed by atoms with Crippen molar-refractivity contribution in [2.45, 2.75) is 45.6 Å². The number of morpholine rings is 1. The summed E-state index contributed by atoms with van der Waals surface area (Å²) in [5.74, 6) is -0.975. The maximum absolute atomic E-state index is 13.1. The average molecular weight is 349 g/mol. The molecule has 1 unspecified atom stereocenters. The van der Waals surface area contributed by atoms with Crippen LogP contribution in [0.2, 0.25) is 0 Å². The standard InChI is InChI=1S/C18H27N3O4/c1-11-16(12(2)20(3)19-11)15-10-25-9-8-21(15)17(22)13-4-6-14(7-5-13)18(23)24/h13-15H,4-10H2,1-3H3,(H,23,24). The summed E-state index contributed by atoms with van der Waals surface area (Å²) in [4.78, 5) is 26.2. The van der Waals surface area contributed by atoms with Gasteiger partial charge in [-0.25, -0.2) is 0 Å². The second kappa shape index (κ2) is 7.15. The van der Waals surface area contributed by atoms with Crippen molar-refractivity contribution in [2.75, 3.05) is 19.8 Å². The van der Waals surface area contributed by atoms with E-state index in [1.165, 1.54) is 0 Å². The third-order valence-electron chi connectivity index (χ3n) is 5.74. The minimum Gasteiger partial charge on any atom is -0.481 e. The van der Waals surface area contributed by atoms with Crippen molar-refractivity contribution in [3.8, 4) is 0 Å². The summed E-state index contributed by atoms with van der Waals surface area (Å²) in [7, 11) is 1.91. The van der Waals surface area contributed by atoms with E-state index < -0.39 is 5.97 Å². The summed E-state index contributed by atoms with van der Waals surface area (Å²) in [5, 5.41) is 13.6. The molecular weight excluding hydrogens is 322 g/mol. The molecule has 1 saturated carbocycles. The first-order valence-electron chi connectivity index (χ1n) is 9.01. The fourth-order valence-electron chi connectivity index (χ4n) is 4.20. The molecule has 2 aliphatic rings. The molecule has 1 aromatic rings. The maximum Gasteiger partial charge on any atom is 0.306 e.